The van der Waals surface area contributed by atoms with E-state index in [1.807, 2.05) is 13.8 Å². The number of hydrogen-bond acceptors (Lipinski definition) is 7. The molecule has 206 valence electrons. The first-order valence-electron chi connectivity index (χ1n) is 12.4. The van der Waals surface area contributed by atoms with E-state index in [0.717, 1.165) is 0 Å². The SMILES string of the molecule is CC(C)(C)OP(=O)(Oc1cc(C=O)cc(C=O)c1C(C)(C)CCO[Si](C)(C)C(C)(C)C)OC(C)(C)C. The van der Waals surface area contributed by atoms with Crippen molar-refractivity contribution in [2.24, 2.45) is 0 Å². The molecule has 0 aliphatic carbocycles. The highest BCUT2D eigenvalue weighted by Crippen LogP contribution is 2.57. The van der Waals surface area contributed by atoms with Crippen molar-refractivity contribution in [3.63, 3.8) is 0 Å². The minimum atomic E-state index is -4.17. The summed E-state index contributed by atoms with van der Waals surface area (Å²) in [7, 11) is -6.15. The van der Waals surface area contributed by atoms with Crippen LogP contribution in [0.5, 0.6) is 5.75 Å². The summed E-state index contributed by atoms with van der Waals surface area (Å²) < 4.78 is 37.9. The Kier molecular flexibility index (Phi) is 10.2. The fourth-order valence-corrected chi connectivity index (χ4v) is 6.25. The van der Waals surface area contributed by atoms with E-state index >= 15 is 0 Å². The molecule has 0 spiro atoms. The van der Waals surface area contributed by atoms with Crippen LogP contribution in [0, 0.1) is 0 Å². The lowest BCUT2D eigenvalue weighted by Gasteiger charge is -2.38. The summed E-state index contributed by atoms with van der Waals surface area (Å²) >= 11 is 0. The highest BCUT2D eigenvalue weighted by molar-refractivity contribution is 7.49. The molecule has 36 heavy (non-hydrogen) atoms. The Balaban J connectivity index is 3.58. The molecule has 1 aromatic carbocycles. The first-order valence-corrected chi connectivity index (χ1v) is 16.8. The Morgan fingerprint density at radius 3 is 1.72 bits per heavy atom. The van der Waals surface area contributed by atoms with Gasteiger partial charge in [0.05, 0.1) is 11.2 Å². The summed E-state index contributed by atoms with van der Waals surface area (Å²) in [6.07, 6.45) is 1.88. The molecule has 1 rings (SSSR count). The number of phosphoric ester groups is 1. The van der Waals surface area contributed by atoms with Crippen LogP contribution in [0.25, 0.3) is 0 Å². The number of hydrogen-bond donors (Lipinski definition) is 0. The molecular weight excluding hydrogens is 495 g/mol. The fourth-order valence-electron chi connectivity index (χ4n) is 3.37. The predicted molar refractivity (Wildman–Crippen MR) is 148 cm³/mol. The summed E-state index contributed by atoms with van der Waals surface area (Å²) in [6.45, 7) is 25.8. The van der Waals surface area contributed by atoms with E-state index in [1.54, 1.807) is 41.5 Å². The van der Waals surface area contributed by atoms with E-state index in [4.69, 9.17) is 18.0 Å². The van der Waals surface area contributed by atoms with Crippen LogP contribution in [0.3, 0.4) is 0 Å². The molecule has 0 aromatic heterocycles. The molecule has 0 N–H and O–H groups in total. The van der Waals surface area contributed by atoms with Gasteiger partial charge in [-0.1, -0.05) is 34.6 Å². The highest BCUT2D eigenvalue weighted by Gasteiger charge is 2.41. The minimum Gasteiger partial charge on any atom is -0.417 e. The third-order valence-corrected chi connectivity index (χ3v) is 12.6. The van der Waals surface area contributed by atoms with Gasteiger partial charge in [-0.15, -0.1) is 0 Å². The smallest absolute Gasteiger partial charge is 0.417 e. The lowest BCUT2D eigenvalue weighted by Crippen LogP contribution is -2.41. The van der Waals surface area contributed by atoms with E-state index in [-0.39, 0.29) is 21.9 Å². The molecular formula is C27H47O7PSi. The normalized spacial score (nSPS) is 14.0. The van der Waals surface area contributed by atoms with Gasteiger partial charge in [0, 0.05) is 23.3 Å². The zero-order valence-corrected chi connectivity index (χ0v) is 26.4. The van der Waals surface area contributed by atoms with Crippen LogP contribution in [0.1, 0.15) is 109 Å². The van der Waals surface area contributed by atoms with E-state index in [1.165, 1.54) is 12.1 Å². The first kappa shape index (κ1) is 32.7. The quantitative estimate of drug-likeness (QED) is 0.158. The summed E-state index contributed by atoms with van der Waals surface area (Å²) in [6, 6.07) is 3.00. The Morgan fingerprint density at radius 2 is 1.33 bits per heavy atom. The van der Waals surface area contributed by atoms with Crippen molar-refractivity contribution in [1.29, 1.82) is 0 Å². The fraction of sp³-hybridized carbons (Fsp3) is 0.704. The van der Waals surface area contributed by atoms with Crippen molar-refractivity contribution in [3.8, 4) is 5.75 Å². The Hall–Kier alpha value is -1.31. The van der Waals surface area contributed by atoms with Crippen molar-refractivity contribution in [3.05, 3.63) is 28.8 Å². The molecule has 0 heterocycles. The maximum atomic E-state index is 13.9. The van der Waals surface area contributed by atoms with Gasteiger partial charge >= 0.3 is 7.82 Å². The van der Waals surface area contributed by atoms with E-state index in [0.29, 0.717) is 31.2 Å². The molecule has 9 heteroatoms. The van der Waals surface area contributed by atoms with Gasteiger partial charge in [-0.25, -0.2) is 4.57 Å². The monoisotopic (exact) mass is 542 g/mol. The molecule has 0 fully saturated rings. The molecule has 0 unspecified atom stereocenters. The third-order valence-electron chi connectivity index (χ3n) is 6.07. The van der Waals surface area contributed by atoms with Gasteiger partial charge in [-0.3, -0.25) is 18.6 Å². The standard InChI is InChI=1S/C27H47O7PSi/c1-24(2,3)33-35(30,34-25(4,5)6)32-22-17-20(18-28)16-21(19-29)23(22)27(10,11)14-15-31-36(12,13)26(7,8)9/h16-19H,14-15H2,1-13H3. The Labute approximate surface area is 219 Å². The van der Waals surface area contributed by atoms with Gasteiger partial charge < -0.3 is 8.95 Å². The molecule has 0 radical (unpaired) electrons. The van der Waals surface area contributed by atoms with Gasteiger partial charge in [0.25, 0.3) is 0 Å². The number of carbonyl (C=O) groups is 2. The van der Waals surface area contributed by atoms with Crippen molar-refractivity contribution in [2.75, 3.05) is 6.61 Å². The van der Waals surface area contributed by atoms with Gasteiger partial charge in [0.15, 0.2) is 14.6 Å². The number of benzene rings is 1. The predicted octanol–water partition coefficient (Wildman–Crippen LogP) is 8.12. The van der Waals surface area contributed by atoms with E-state index in [9.17, 15) is 14.2 Å². The minimum absolute atomic E-state index is 0.0617. The molecule has 0 saturated carbocycles. The van der Waals surface area contributed by atoms with Crippen molar-refractivity contribution in [1.82, 2.24) is 0 Å². The van der Waals surface area contributed by atoms with Crippen LogP contribution in [0.15, 0.2) is 12.1 Å². The molecule has 0 atom stereocenters. The summed E-state index contributed by atoms with van der Waals surface area (Å²) in [5.74, 6) is 0.121. The van der Waals surface area contributed by atoms with Crippen LogP contribution in [-0.2, 0) is 23.5 Å². The molecule has 0 saturated heterocycles. The van der Waals surface area contributed by atoms with Crippen LogP contribution < -0.4 is 4.52 Å². The molecule has 7 nitrogen and oxygen atoms in total. The second-order valence-corrected chi connectivity index (χ2v) is 19.7. The third kappa shape index (κ3) is 9.53. The highest BCUT2D eigenvalue weighted by atomic mass is 31.2. The maximum Gasteiger partial charge on any atom is 0.531 e. The number of aldehydes is 2. The van der Waals surface area contributed by atoms with Crippen molar-refractivity contribution >= 4 is 28.7 Å². The van der Waals surface area contributed by atoms with Crippen LogP contribution >= 0.6 is 7.82 Å². The lowest BCUT2D eigenvalue weighted by atomic mass is 9.78. The van der Waals surface area contributed by atoms with Crippen LogP contribution in [0.4, 0.5) is 0 Å². The van der Waals surface area contributed by atoms with Crippen molar-refractivity contribution < 1.29 is 32.2 Å². The van der Waals surface area contributed by atoms with Gasteiger partial charge in [0.1, 0.15) is 12.0 Å². The van der Waals surface area contributed by atoms with Gasteiger partial charge in [0.2, 0.25) is 0 Å². The lowest BCUT2D eigenvalue weighted by molar-refractivity contribution is 0.0221. The summed E-state index contributed by atoms with van der Waals surface area (Å²) in [5.41, 5.74) is -1.28. The average Bonchev–Trinajstić information content (AvgIpc) is 2.62. The molecule has 0 aliphatic heterocycles. The number of rotatable bonds is 11. The first-order chi connectivity index (χ1) is 16.0. The topological polar surface area (TPSA) is 88.1 Å². The average molecular weight is 543 g/mol. The van der Waals surface area contributed by atoms with E-state index in [2.05, 4.69) is 33.9 Å². The Morgan fingerprint density at radius 1 is 0.833 bits per heavy atom. The molecule has 0 aliphatic rings. The maximum absolute atomic E-state index is 13.9. The van der Waals surface area contributed by atoms with Crippen LogP contribution in [0.2, 0.25) is 18.1 Å². The summed E-state index contributed by atoms with van der Waals surface area (Å²) in [4.78, 5) is 23.8. The molecule has 0 amide bonds. The zero-order valence-electron chi connectivity index (χ0n) is 24.5. The number of carbonyl (C=O) groups excluding carboxylic acids is 2. The molecule has 0 bridgehead atoms. The molecule has 1 aromatic rings. The Bertz CT molecular complexity index is 960. The zero-order chi connectivity index (χ0) is 28.4. The van der Waals surface area contributed by atoms with Crippen molar-refractivity contribution in [2.45, 2.75) is 117 Å². The van der Waals surface area contributed by atoms with E-state index < -0.39 is 32.8 Å². The second kappa shape index (κ2) is 11.2. The largest absolute Gasteiger partial charge is 0.531 e. The van der Waals surface area contributed by atoms with Crippen LogP contribution in [-0.4, -0.2) is 38.7 Å². The number of phosphoric acid groups is 1. The van der Waals surface area contributed by atoms with Gasteiger partial charge in [-0.2, -0.15) is 0 Å². The second-order valence-electron chi connectivity index (χ2n) is 13.4. The summed E-state index contributed by atoms with van der Waals surface area (Å²) in [5, 5.41) is 0.0617. The van der Waals surface area contributed by atoms with Gasteiger partial charge in [-0.05, 0) is 83.6 Å².